The molecule has 102 valence electrons. The molecule has 0 saturated heterocycles. The molecule has 19 heavy (non-hydrogen) atoms. The standard InChI is InChI=1S/C16H22N2S/c1-11-5-12(2)7-14(6-11)8-15(17-4)9-16-18-13(3)10-19-16/h5-7,10,15,17H,8-9H2,1-4H3. The van der Waals surface area contributed by atoms with Crippen LogP contribution in [0.2, 0.25) is 0 Å². The number of likely N-dealkylation sites (N-methyl/N-ethyl adjacent to an activating group) is 1. The fourth-order valence-electron chi connectivity index (χ4n) is 2.45. The first kappa shape index (κ1) is 14.2. The number of aryl methyl sites for hydroxylation is 3. The Labute approximate surface area is 119 Å². The summed E-state index contributed by atoms with van der Waals surface area (Å²) in [5, 5.41) is 6.76. The first-order chi connectivity index (χ1) is 9.06. The van der Waals surface area contributed by atoms with Gasteiger partial charge in [0.15, 0.2) is 0 Å². The minimum Gasteiger partial charge on any atom is -0.316 e. The second kappa shape index (κ2) is 6.31. The van der Waals surface area contributed by atoms with Crippen LogP contribution in [-0.2, 0) is 12.8 Å². The van der Waals surface area contributed by atoms with Crippen molar-refractivity contribution in [1.29, 1.82) is 0 Å². The summed E-state index contributed by atoms with van der Waals surface area (Å²) >= 11 is 1.76. The van der Waals surface area contributed by atoms with Gasteiger partial charge in [-0.1, -0.05) is 29.3 Å². The van der Waals surface area contributed by atoms with E-state index < -0.39 is 0 Å². The van der Waals surface area contributed by atoms with Crippen molar-refractivity contribution in [3.8, 4) is 0 Å². The number of benzene rings is 1. The van der Waals surface area contributed by atoms with E-state index in [0.717, 1.165) is 18.5 Å². The number of hydrogen-bond donors (Lipinski definition) is 1. The molecule has 2 rings (SSSR count). The van der Waals surface area contributed by atoms with Crippen LogP contribution in [0, 0.1) is 20.8 Å². The van der Waals surface area contributed by atoms with E-state index in [0.29, 0.717) is 6.04 Å². The van der Waals surface area contributed by atoms with Crippen molar-refractivity contribution in [3.05, 3.63) is 51.0 Å². The molecule has 1 aromatic heterocycles. The number of rotatable bonds is 5. The molecule has 1 unspecified atom stereocenters. The first-order valence-corrected chi connectivity index (χ1v) is 7.60. The normalized spacial score (nSPS) is 12.6. The van der Waals surface area contributed by atoms with Crippen LogP contribution in [-0.4, -0.2) is 18.1 Å². The highest BCUT2D eigenvalue weighted by Gasteiger charge is 2.11. The summed E-state index contributed by atoms with van der Waals surface area (Å²) in [6.07, 6.45) is 2.06. The Balaban J connectivity index is 2.06. The van der Waals surface area contributed by atoms with Crippen molar-refractivity contribution >= 4 is 11.3 Å². The maximum atomic E-state index is 4.55. The molecule has 0 fully saturated rings. The first-order valence-electron chi connectivity index (χ1n) is 6.72. The van der Waals surface area contributed by atoms with E-state index in [4.69, 9.17) is 0 Å². The second-order valence-corrected chi connectivity index (χ2v) is 6.22. The maximum absolute atomic E-state index is 4.55. The molecule has 2 nitrogen and oxygen atoms in total. The van der Waals surface area contributed by atoms with Gasteiger partial charge in [-0.15, -0.1) is 11.3 Å². The minimum atomic E-state index is 0.451. The van der Waals surface area contributed by atoms with Crippen LogP contribution in [0.4, 0.5) is 0 Å². The number of aromatic nitrogens is 1. The molecule has 0 aliphatic heterocycles. The van der Waals surface area contributed by atoms with Gasteiger partial charge in [0.2, 0.25) is 0 Å². The van der Waals surface area contributed by atoms with E-state index in [1.54, 1.807) is 11.3 Å². The zero-order chi connectivity index (χ0) is 13.8. The lowest BCUT2D eigenvalue weighted by atomic mass is 10.00. The van der Waals surface area contributed by atoms with Gasteiger partial charge in [-0.25, -0.2) is 4.98 Å². The van der Waals surface area contributed by atoms with Gasteiger partial charge >= 0.3 is 0 Å². The molecule has 0 spiro atoms. The smallest absolute Gasteiger partial charge is 0.0943 e. The Morgan fingerprint density at radius 2 is 1.79 bits per heavy atom. The molecule has 0 aliphatic carbocycles. The Bertz CT molecular complexity index is 525. The highest BCUT2D eigenvalue weighted by Crippen LogP contribution is 2.15. The molecule has 0 saturated carbocycles. The third-order valence-electron chi connectivity index (χ3n) is 3.26. The largest absolute Gasteiger partial charge is 0.316 e. The van der Waals surface area contributed by atoms with E-state index >= 15 is 0 Å². The molecule has 0 amide bonds. The van der Waals surface area contributed by atoms with Crippen molar-refractivity contribution in [2.75, 3.05) is 7.05 Å². The van der Waals surface area contributed by atoms with Crippen molar-refractivity contribution in [1.82, 2.24) is 10.3 Å². The molecule has 0 bridgehead atoms. The number of nitrogens with one attached hydrogen (secondary N) is 1. The van der Waals surface area contributed by atoms with Crippen molar-refractivity contribution in [2.24, 2.45) is 0 Å². The predicted molar refractivity (Wildman–Crippen MR) is 83.0 cm³/mol. The zero-order valence-electron chi connectivity index (χ0n) is 12.2. The molecule has 1 heterocycles. The lowest BCUT2D eigenvalue weighted by Crippen LogP contribution is -2.29. The Hall–Kier alpha value is -1.19. The van der Waals surface area contributed by atoms with Crippen LogP contribution in [0.25, 0.3) is 0 Å². The third-order valence-corrected chi connectivity index (χ3v) is 4.25. The van der Waals surface area contributed by atoms with Crippen molar-refractivity contribution in [3.63, 3.8) is 0 Å². The van der Waals surface area contributed by atoms with Crippen LogP contribution in [0.1, 0.15) is 27.4 Å². The number of thiazole rings is 1. The van der Waals surface area contributed by atoms with Gasteiger partial charge in [-0.3, -0.25) is 0 Å². The third kappa shape index (κ3) is 4.15. The van der Waals surface area contributed by atoms with Gasteiger partial charge in [0, 0.05) is 23.5 Å². The fraction of sp³-hybridized carbons (Fsp3) is 0.438. The van der Waals surface area contributed by atoms with Crippen LogP contribution >= 0.6 is 11.3 Å². The average molecular weight is 274 g/mol. The molecule has 0 aliphatic rings. The zero-order valence-corrected chi connectivity index (χ0v) is 13.0. The summed E-state index contributed by atoms with van der Waals surface area (Å²) in [7, 11) is 2.04. The van der Waals surface area contributed by atoms with Gasteiger partial charge in [0.05, 0.1) is 5.01 Å². The summed E-state index contributed by atoms with van der Waals surface area (Å²) in [6, 6.07) is 7.24. The summed E-state index contributed by atoms with van der Waals surface area (Å²) in [5.41, 5.74) is 5.22. The predicted octanol–water partition coefficient (Wildman–Crippen LogP) is 3.44. The quantitative estimate of drug-likeness (QED) is 0.903. The molecule has 1 N–H and O–H groups in total. The van der Waals surface area contributed by atoms with Crippen molar-refractivity contribution < 1.29 is 0 Å². The molecule has 1 atom stereocenters. The van der Waals surface area contributed by atoms with Gasteiger partial charge in [0.25, 0.3) is 0 Å². The Morgan fingerprint density at radius 3 is 2.32 bits per heavy atom. The minimum absolute atomic E-state index is 0.451. The van der Waals surface area contributed by atoms with E-state index in [9.17, 15) is 0 Å². The van der Waals surface area contributed by atoms with E-state index in [1.165, 1.54) is 21.7 Å². The van der Waals surface area contributed by atoms with E-state index in [-0.39, 0.29) is 0 Å². The van der Waals surface area contributed by atoms with Gasteiger partial charge in [-0.05, 0) is 39.8 Å². The lowest BCUT2D eigenvalue weighted by molar-refractivity contribution is 0.554. The summed E-state index contributed by atoms with van der Waals surface area (Å²) in [6.45, 7) is 6.38. The number of hydrogen-bond acceptors (Lipinski definition) is 3. The van der Waals surface area contributed by atoms with Gasteiger partial charge in [-0.2, -0.15) is 0 Å². The monoisotopic (exact) mass is 274 g/mol. The Morgan fingerprint density at radius 1 is 1.11 bits per heavy atom. The van der Waals surface area contributed by atoms with Crippen molar-refractivity contribution in [2.45, 2.75) is 39.7 Å². The topological polar surface area (TPSA) is 24.9 Å². The highest BCUT2D eigenvalue weighted by molar-refractivity contribution is 7.09. The summed E-state index contributed by atoms with van der Waals surface area (Å²) in [5.74, 6) is 0. The van der Waals surface area contributed by atoms with Crippen LogP contribution in [0.5, 0.6) is 0 Å². The van der Waals surface area contributed by atoms with Crippen LogP contribution in [0.15, 0.2) is 23.6 Å². The van der Waals surface area contributed by atoms with Crippen LogP contribution in [0.3, 0.4) is 0 Å². The SMILES string of the molecule is CNC(Cc1cc(C)cc(C)c1)Cc1nc(C)cs1. The fourth-order valence-corrected chi connectivity index (χ4v) is 3.31. The molecule has 2 aromatic rings. The van der Waals surface area contributed by atoms with Crippen LogP contribution < -0.4 is 5.32 Å². The van der Waals surface area contributed by atoms with Gasteiger partial charge in [0.1, 0.15) is 0 Å². The van der Waals surface area contributed by atoms with Gasteiger partial charge < -0.3 is 5.32 Å². The lowest BCUT2D eigenvalue weighted by Gasteiger charge is -2.15. The molecule has 3 heteroatoms. The van der Waals surface area contributed by atoms with E-state index in [2.05, 4.69) is 54.7 Å². The number of nitrogens with zero attached hydrogens (tertiary/aromatic N) is 1. The Kier molecular flexibility index (Phi) is 4.72. The second-order valence-electron chi connectivity index (χ2n) is 5.27. The molecule has 0 radical (unpaired) electrons. The highest BCUT2D eigenvalue weighted by atomic mass is 32.1. The summed E-state index contributed by atoms with van der Waals surface area (Å²) in [4.78, 5) is 4.55. The molecular formula is C16H22N2S. The molecular weight excluding hydrogens is 252 g/mol. The average Bonchev–Trinajstić information content (AvgIpc) is 2.72. The molecule has 1 aromatic carbocycles. The van der Waals surface area contributed by atoms with E-state index in [1.807, 2.05) is 7.05 Å². The maximum Gasteiger partial charge on any atom is 0.0943 e. The summed E-state index contributed by atoms with van der Waals surface area (Å²) < 4.78 is 0.